The summed E-state index contributed by atoms with van der Waals surface area (Å²) in [5, 5.41) is 10.8. The highest BCUT2D eigenvalue weighted by molar-refractivity contribution is 5.81. The molecule has 1 heterocycles. The van der Waals surface area contributed by atoms with Crippen LogP contribution in [0.3, 0.4) is 0 Å². The van der Waals surface area contributed by atoms with Gasteiger partial charge in [0.25, 0.3) is 0 Å². The number of nitrogens with one attached hydrogen (secondary N) is 1. The van der Waals surface area contributed by atoms with E-state index in [1.165, 1.54) is 0 Å². The Balaban J connectivity index is 2.37. The van der Waals surface area contributed by atoms with E-state index in [4.69, 9.17) is 5.73 Å². The summed E-state index contributed by atoms with van der Waals surface area (Å²) in [6.45, 7) is 6.70. The van der Waals surface area contributed by atoms with Crippen LogP contribution in [-0.2, 0) is 11.2 Å². The minimum atomic E-state index is -0.405. The summed E-state index contributed by atoms with van der Waals surface area (Å²) in [6.07, 6.45) is 4.01. The molecule has 6 nitrogen and oxygen atoms in total. The second kappa shape index (κ2) is 7.10. The highest BCUT2D eigenvalue weighted by atomic mass is 16.2. The molecule has 0 spiro atoms. The number of hydrogen-bond acceptors (Lipinski definition) is 4. The van der Waals surface area contributed by atoms with Gasteiger partial charge in [0.1, 0.15) is 12.2 Å². The van der Waals surface area contributed by atoms with Gasteiger partial charge in [-0.25, -0.2) is 0 Å². The van der Waals surface area contributed by atoms with Crippen molar-refractivity contribution in [1.29, 1.82) is 0 Å². The molecule has 1 amide bonds. The molecule has 0 aromatic carbocycles. The predicted octanol–water partition coefficient (Wildman–Crippen LogP) is 0.645. The highest BCUT2D eigenvalue weighted by Gasteiger charge is 2.12. The third kappa shape index (κ3) is 4.10. The second-order valence-electron chi connectivity index (χ2n) is 4.68. The minimum Gasteiger partial charge on any atom is -0.354 e. The summed E-state index contributed by atoms with van der Waals surface area (Å²) in [7, 11) is 0. The first-order chi connectivity index (χ1) is 8.56. The first-order valence-electron chi connectivity index (χ1n) is 6.48. The molecular formula is C12H23N5O. The summed E-state index contributed by atoms with van der Waals surface area (Å²) in [4.78, 5) is 11.6. The van der Waals surface area contributed by atoms with Crippen LogP contribution in [0.5, 0.6) is 0 Å². The smallest absolute Gasteiger partial charge is 0.236 e. The maximum atomic E-state index is 11.6. The summed E-state index contributed by atoms with van der Waals surface area (Å²) >= 11 is 0. The molecule has 0 radical (unpaired) electrons. The average Bonchev–Trinajstić information content (AvgIpc) is 2.77. The van der Waals surface area contributed by atoms with E-state index in [1.807, 2.05) is 11.5 Å². The van der Waals surface area contributed by atoms with Crippen LogP contribution in [0.1, 0.15) is 45.5 Å². The van der Waals surface area contributed by atoms with Crippen molar-refractivity contribution in [3.8, 4) is 0 Å². The van der Waals surface area contributed by atoms with Crippen LogP contribution in [0.4, 0.5) is 0 Å². The predicted molar refractivity (Wildman–Crippen MR) is 70.0 cm³/mol. The zero-order chi connectivity index (χ0) is 13.5. The number of nitrogens with two attached hydrogens (primary N) is 1. The first kappa shape index (κ1) is 14.6. The fraction of sp³-hybridized carbons (Fsp3) is 0.750. The van der Waals surface area contributed by atoms with Crippen LogP contribution in [-0.4, -0.2) is 33.3 Å². The number of amides is 1. The number of rotatable bonds is 7. The molecule has 0 aliphatic carbocycles. The first-order valence-corrected chi connectivity index (χ1v) is 6.48. The van der Waals surface area contributed by atoms with E-state index in [1.54, 1.807) is 6.33 Å². The fourth-order valence-corrected chi connectivity index (χ4v) is 1.75. The van der Waals surface area contributed by atoms with Crippen molar-refractivity contribution < 1.29 is 4.79 Å². The molecule has 0 bridgehead atoms. The Labute approximate surface area is 108 Å². The van der Waals surface area contributed by atoms with Gasteiger partial charge >= 0.3 is 0 Å². The van der Waals surface area contributed by atoms with E-state index >= 15 is 0 Å². The summed E-state index contributed by atoms with van der Waals surface area (Å²) in [6, 6.07) is -0.0778. The molecule has 0 aliphatic heterocycles. The molecule has 1 atom stereocenters. The third-order valence-corrected chi connectivity index (χ3v) is 2.79. The quantitative estimate of drug-likeness (QED) is 0.747. The Hall–Kier alpha value is -1.43. The van der Waals surface area contributed by atoms with Gasteiger partial charge in [0, 0.05) is 19.0 Å². The number of aromatic nitrogens is 3. The monoisotopic (exact) mass is 253 g/mol. The van der Waals surface area contributed by atoms with Crippen LogP contribution >= 0.6 is 0 Å². The van der Waals surface area contributed by atoms with Crippen LogP contribution < -0.4 is 11.1 Å². The Kier molecular flexibility index (Phi) is 5.77. The summed E-state index contributed by atoms with van der Waals surface area (Å²) in [5.41, 5.74) is 5.72. The molecule has 1 aromatic rings. The number of hydrogen-bond donors (Lipinski definition) is 2. The third-order valence-electron chi connectivity index (χ3n) is 2.79. The largest absolute Gasteiger partial charge is 0.354 e. The normalized spacial score (nSPS) is 12.7. The molecule has 1 rings (SSSR count). The maximum absolute atomic E-state index is 11.6. The lowest BCUT2D eigenvalue weighted by Crippen LogP contribution is -2.41. The second-order valence-corrected chi connectivity index (χ2v) is 4.68. The van der Waals surface area contributed by atoms with Gasteiger partial charge in [-0.3, -0.25) is 4.79 Å². The Morgan fingerprint density at radius 2 is 2.28 bits per heavy atom. The van der Waals surface area contributed by atoms with E-state index < -0.39 is 6.04 Å². The Bertz CT molecular complexity index is 374. The van der Waals surface area contributed by atoms with Gasteiger partial charge in [0.2, 0.25) is 5.91 Å². The van der Waals surface area contributed by atoms with Gasteiger partial charge in [-0.15, -0.1) is 10.2 Å². The van der Waals surface area contributed by atoms with Crippen LogP contribution in [0, 0.1) is 0 Å². The molecule has 18 heavy (non-hydrogen) atoms. The van der Waals surface area contributed by atoms with Crippen molar-refractivity contribution >= 4 is 5.91 Å². The van der Waals surface area contributed by atoms with Gasteiger partial charge in [0.05, 0.1) is 6.04 Å². The number of carbonyl (C=O) groups excluding carboxylic acids is 1. The lowest BCUT2D eigenvalue weighted by molar-refractivity contribution is -0.122. The van der Waals surface area contributed by atoms with Crippen LogP contribution in [0.25, 0.3) is 0 Å². The molecule has 0 saturated heterocycles. The Morgan fingerprint density at radius 1 is 1.56 bits per heavy atom. The topological polar surface area (TPSA) is 85.8 Å². The standard InChI is InChI=1S/C12H23N5O/c1-4-5-10(13)12(18)14-7-6-11-16-15-8-17(11)9(2)3/h8-10H,4-7,13H2,1-3H3,(H,14,18)/t10-/m0/s1. The van der Waals surface area contributed by atoms with Crippen molar-refractivity contribution in [2.75, 3.05) is 6.54 Å². The van der Waals surface area contributed by atoms with E-state index in [0.717, 1.165) is 12.2 Å². The fourth-order valence-electron chi connectivity index (χ4n) is 1.75. The maximum Gasteiger partial charge on any atom is 0.236 e. The molecular weight excluding hydrogens is 230 g/mol. The SMILES string of the molecule is CCC[C@H](N)C(=O)NCCc1nncn1C(C)C. The average molecular weight is 253 g/mol. The van der Waals surface area contributed by atoms with Crippen molar-refractivity contribution in [3.63, 3.8) is 0 Å². The van der Waals surface area contributed by atoms with Gasteiger partial charge in [0.15, 0.2) is 0 Å². The summed E-state index contributed by atoms with van der Waals surface area (Å²) < 4.78 is 2.00. The molecule has 6 heteroatoms. The van der Waals surface area contributed by atoms with E-state index in [9.17, 15) is 4.79 Å². The zero-order valence-corrected chi connectivity index (χ0v) is 11.4. The van der Waals surface area contributed by atoms with Crippen LogP contribution in [0.2, 0.25) is 0 Å². The van der Waals surface area contributed by atoms with E-state index in [2.05, 4.69) is 29.4 Å². The van der Waals surface area contributed by atoms with E-state index in [0.29, 0.717) is 25.4 Å². The van der Waals surface area contributed by atoms with Gasteiger partial charge < -0.3 is 15.6 Å². The van der Waals surface area contributed by atoms with Crippen molar-refractivity contribution in [2.24, 2.45) is 5.73 Å². The number of nitrogens with zero attached hydrogens (tertiary/aromatic N) is 3. The van der Waals surface area contributed by atoms with Crippen molar-refractivity contribution in [2.45, 2.75) is 52.1 Å². The molecule has 0 saturated carbocycles. The lowest BCUT2D eigenvalue weighted by atomic mass is 10.1. The van der Waals surface area contributed by atoms with Crippen molar-refractivity contribution in [1.82, 2.24) is 20.1 Å². The Morgan fingerprint density at radius 3 is 2.89 bits per heavy atom. The van der Waals surface area contributed by atoms with Gasteiger partial charge in [-0.1, -0.05) is 13.3 Å². The molecule has 0 fully saturated rings. The van der Waals surface area contributed by atoms with E-state index in [-0.39, 0.29) is 5.91 Å². The van der Waals surface area contributed by atoms with Gasteiger partial charge in [-0.2, -0.15) is 0 Å². The molecule has 0 unspecified atom stereocenters. The molecule has 102 valence electrons. The minimum absolute atomic E-state index is 0.0903. The zero-order valence-electron chi connectivity index (χ0n) is 11.4. The van der Waals surface area contributed by atoms with Crippen molar-refractivity contribution in [3.05, 3.63) is 12.2 Å². The lowest BCUT2D eigenvalue weighted by Gasteiger charge is -2.12. The number of carbonyl (C=O) groups is 1. The molecule has 1 aromatic heterocycles. The van der Waals surface area contributed by atoms with Gasteiger partial charge in [-0.05, 0) is 20.3 Å². The molecule has 0 aliphatic rings. The summed E-state index contributed by atoms with van der Waals surface area (Å²) in [5.74, 6) is 0.793. The highest BCUT2D eigenvalue weighted by Crippen LogP contribution is 2.06. The molecule has 3 N–H and O–H groups in total. The van der Waals surface area contributed by atoms with Crippen LogP contribution in [0.15, 0.2) is 6.33 Å².